The fraction of sp³-hybridized carbons (Fsp3) is 0.250. The average molecular weight is 320 g/mol. The lowest BCUT2D eigenvalue weighted by atomic mass is 10.1. The quantitative estimate of drug-likeness (QED) is 0.457. The number of halogens is 1. The van der Waals surface area contributed by atoms with Crippen LogP contribution in [0, 0.1) is 15.9 Å². The first-order valence-corrected chi connectivity index (χ1v) is 7.74. The van der Waals surface area contributed by atoms with Crippen molar-refractivity contribution in [2.24, 2.45) is 0 Å². The molecule has 116 valence electrons. The fourth-order valence-electron chi connectivity index (χ4n) is 2.07. The van der Waals surface area contributed by atoms with E-state index in [0.717, 1.165) is 11.6 Å². The van der Waals surface area contributed by atoms with Crippen LogP contribution in [0.2, 0.25) is 0 Å². The molecule has 0 unspecified atom stereocenters. The fourth-order valence-corrected chi connectivity index (χ4v) is 3.01. The summed E-state index contributed by atoms with van der Waals surface area (Å²) < 4.78 is 14.1. The monoisotopic (exact) mass is 320 g/mol. The standard InChI is InChI=1S/C16H17FN2O2S/c1-18(2)10-13-8-16(14(17)9-15(13)19(20)21)22-11-12-6-4-3-5-7-12/h3-9H,10-11H2,1-2H3. The van der Waals surface area contributed by atoms with Crippen LogP contribution >= 0.6 is 11.8 Å². The van der Waals surface area contributed by atoms with Gasteiger partial charge in [-0.15, -0.1) is 11.8 Å². The van der Waals surface area contributed by atoms with E-state index < -0.39 is 10.7 Å². The van der Waals surface area contributed by atoms with Gasteiger partial charge in [-0.2, -0.15) is 0 Å². The van der Waals surface area contributed by atoms with Gasteiger partial charge in [0.2, 0.25) is 0 Å². The summed E-state index contributed by atoms with van der Waals surface area (Å²) in [6.45, 7) is 0.398. The second kappa shape index (κ2) is 7.38. The molecular formula is C16H17FN2O2S. The predicted octanol–water partition coefficient (Wildman–Crippen LogP) is 4.09. The number of benzene rings is 2. The van der Waals surface area contributed by atoms with E-state index in [4.69, 9.17) is 0 Å². The minimum atomic E-state index is -0.546. The molecule has 2 aromatic carbocycles. The van der Waals surface area contributed by atoms with E-state index in [2.05, 4.69) is 0 Å². The third kappa shape index (κ3) is 4.29. The Bertz CT molecular complexity index is 663. The molecule has 0 aliphatic rings. The Morgan fingerprint density at radius 2 is 1.91 bits per heavy atom. The Hall–Kier alpha value is -1.92. The van der Waals surface area contributed by atoms with E-state index >= 15 is 0 Å². The lowest BCUT2D eigenvalue weighted by molar-refractivity contribution is -0.385. The molecule has 0 bridgehead atoms. The molecule has 0 N–H and O–H groups in total. The Kier molecular flexibility index (Phi) is 5.51. The van der Waals surface area contributed by atoms with Crippen LogP contribution in [0.4, 0.5) is 10.1 Å². The average Bonchev–Trinajstić information content (AvgIpc) is 2.47. The minimum absolute atomic E-state index is 0.171. The van der Waals surface area contributed by atoms with Crippen molar-refractivity contribution in [3.05, 3.63) is 69.5 Å². The first kappa shape index (κ1) is 16.5. The first-order valence-electron chi connectivity index (χ1n) is 6.75. The summed E-state index contributed by atoms with van der Waals surface area (Å²) in [7, 11) is 3.65. The zero-order valence-corrected chi connectivity index (χ0v) is 13.3. The van der Waals surface area contributed by atoms with Gasteiger partial charge in [0.05, 0.1) is 11.0 Å². The van der Waals surface area contributed by atoms with Crippen LogP contribution in [0.1, 0.15) is 11.1 Å². The van der Waals surface area contributed by atoms with Gasteiger partial charge < -0.3 is 4.90 Å². The highest BCUT2D eigenvalue weighted by Crippen LogP contribution is 2.31. The van der Waals surface area contributed by atoms with E-state index in [1.807, 2.05) is 49.3 Å². The maximum Gasteiger partial charge on any atom is 0.276 e. The SMILES string of the molecule is CN(C)Cc1cc(SCc2ccccc2)c(F)cc1[N+](=O)[O-]. The van der Waals surface area contributed by atoms with Crippen LogP contribution in [-0.2, 0) is 12.3 Å². The highest BCUT2D eigenvalue weighted by molar-refractivity contribution is 7.98. The minimum Gasteiger partial charge on any atom is -0.305 e. The van der Waals surface area contributed by atoms with Crippen molar-refractivity contribution in [3.8, 4) is 0 Å². The van der Waals surface area contributed by atoms with Crippen LogP contribution in [0.25, 0.3) is 0 Å². The van der Waals surface area contributed by atoms with E-state index in [1.54, 1.807) is 6.07 Å². The van der Waals surface area contributed by atoms with E-state index in [-0.39, 0.29) is 5.69 Å². The Labute approximate surface area is 133 Å². The van der Waals surface area contributed by atoms with Gasteiger partial charge in [0.1, 0.15) is 5.82 Å². The second-order valence-electron chi connectivity index (χ2n) is 5.18. The molecule has 0 fully saturated rings. The van der Waals surface area contributed by atoms with Gasteiger partial charge in [-0.25, -0.2) is 4.39 Å². The molecule has 2 rings (SSSR count). The summed E-state index contributed by atoms with van der Waals surface area (Å²) in [5.74, 6) is 0.0758. The number of nitro benzene ring substituents is 1. The molecule has 0 atom stereocenters. The molecule has 0 amide bonds. The number of thioether (sulfide) groups is 1. The number of rotatable bonds is 6. The van der Waals surface area contributed by atoms with Crippen molar-refractivity contribution in [2.75, 3.05) is 14.1 Å². The number of hydrogen-bond donors (Lipinski definition) is 0. The lowest BCUT2D eigenvalue weighted by Crippen LogP contribution is -2.12. The molecule has 4 nitrogen and oxygen atoms in total. The van der Waals surface area contributed by atoms with E-state index in [1.165, 1.54) is 11.8 Å². The van der Waals surface area contributed by atoms with Crippen LogP contribution in [0.3, 0.4) is 0 Å². The molecule has 0 saturated carbocycles. The van der Waals surface area contributed by atoms with Gasteiger partial charge >= 0.3 is 0 Å². The molecule has 0 saturated heterocycles. The molecule has 0 aromatic heterocycles. The number of nitro groups is 1. The lowest BCUT2D eigenvalue weighted by Gasteiger charge is -2.12. The third-order valence-electron chi connectivity index (χ3n) is 3.05. The molecule has 0 radical (unpaired) electrons. The first-order chi connectivity index (χ1) is 10.5. The summed E-state index contributed by atoms with van der Waals surface area (Å²) in [6.07, 6.45) is 0. The van der Waals surface area contributed by atoms with Gasteiger partial charge in [0.25, 0.3) is 5.69 Å². The Morgan fingerprint density at radius 3 is 2.50 bits per heavy atom. The van der Waals surface area contributed by atoms with E-state index in [9.17, 15) is 14.5 Å². The van der Waals surface area contributed by atoms with Gasteiger partial charge in [0.15, 0.2) is 0 Å². The summed E-state index contributed by atoms with van der Waals surface area (Å²) in [5, 5.41) is 11.1. The second-order valence-corrected chi connectivity index (χ2v) is 6.20. The van der Waals surface area contributed by atoms with Crippen molar-refractivity contribution in [2.45, 2.75) is 17.2 Å². The molecule has 0 aliphatic heterocycles. The van der Waals surface area contributed by atoms with Crippen LogP contribution in [0.5, 0.6) is 0 Å². The molecule has 6 heteroatoms. The van der Waals surface area contributed by atoms with Crippen LogP contribution < -0.4 is 0 Å². The summed E-state index contributed by atoms with van der Waals surface area (Å²) in [4.78, 5) is 12.8. The molecule has 0 spiro atoms. The molecular weight excluding hydrogens is 303 g/mol. The normalized spacial score (nSPS) is 10.9. The maximum absolute atomic E-state index is 14.1. The van der Waals surface area contributed by atoms with Gasteiger partial charge in [0, 0.05) is 22.8 Å². The Morgan fingerprint density at radius 1 is 1.23 bits per heavy atom. The van der Waals surface area contributed by atoms with Gasteiger partial charge in [-0.1, -0.05) is 30.3 Å². The summed E-state index contributed by atoms with van der Waals surface area (Å²) in [5.41, 5.74) is 1.43. The van der Waals surface area contributed by atoms with Crippen LogP contribution in [-0.4, -0.2) is 23.9 Å². The van der Waals surface area contributed by atoms with Crippen molar-refractivity contribution in [1.29, 1.82) is 0 Å². The third-order valence-corrected chi connectivity index (χ3v) is 4.16. The smallest absolute Gasteiger partial charge is 0.276 e. The number of nitrogens with zero attached hydrogens (tertiary/aromatic N) is 2. The van der Waals surface area contributed by atoms with Crippen molar-refractivity contribution >= 4 is 17.4 Å². The summed E-state index contributed by atoms with van der Waals surface area (Å²) in [6, 6.07) is 12.3. The molecule has 0 heterocycles. The predicted molar refractivity (Wildman–Crippen MR) is 86.4 cm³/mol. The van der Waals surface area contributed by atoms with Gasteiger partial charge in [-0.05, 0) is 25.7 Å². The highest BCUT2D eigenvalue weighted by atomic mass is 32.2. The van der Waals surface area contributed by atoms with Crippen LogP contribution in [0.15, 0.2) is 47.4 Å². The number of hydrogen-bond acceptors (Lipinski definition) is 4. The van der Waals surface area contributed by atoms with Crippen molar-refractivity contribution in [3.63, 3.8) is 0 Å². The van der Waals surface area contributed by atoms with Crippen molar-refractivity contribution < 1.29 is 9.31 Å². The zero-order chi connectivity index (χ0) is 16.1. The highest BCUT2D eigenvalue weighted by Gasteiger charge is 2.19. The molecule has 22 heavy (non-hydrogen) atoms. The maximum atomic E-state index is 14.1. The Balaban J connectivity index is 2.25. The molecule has 2 aromatic rings. The van der Waals surface area contributed by atoms with Crippen molar-refractivity contribution in [1.82, 2.24) is 4.90 Å². The molecule has 0 aliphatic carbocycles. The van der Waals surface area contributed by atoms with E-state index in [0.29, 0.717) is 22.8 Å². The summed E-state index contributed by atoms with van der Waals surface area (Å²) >= 11 is 1.35. The largest absolute Gasteiger partial charge is 0.305 e. The van der Waals surface area contributed by atoms with Gasteiger partial charge in [-0.3, -0.25) is 10.1 Å². The topological polar surface area (TPSA) is 46.4 Å². The zero-order valence-electron chi connectivity index (χ0n) is 12.5.